The quantitative estimate of drug-likeness (QED) is 0.368. The zero-order valence-electron chi connectivity index (χ0n) is 25.5. The van der Waals surface area contributed by atoms with E-state index in [-0.39, 0.29) is 12.1 Å². The van der Waals surface area contributed by atoms with Gasteiger partial charge < -0.3 is 18.9 Å². The predicted molar refractivity (Wildman–Crippen MR) is 162 cm³/mol. The number of aryl methyl sites for hydroxylation is 1. The molecule has 0 aliphatic carbocycles. The van der Waals surface area contributed by atoms with Gasteiger partial charge >= 0.3 is 13.2 Å². The lowest BCUT2D eigenvalue weighted by Gasteiger charge is -2.39. The van der Waals surface area contributed by atoms with Crippen molar-refractivity contribution in [1.29, 1.82) is 0 Å². The second-order valence-corrected chi connectivity index (χ2v) is 14.2. The van der Waals surface area contributed by atoms with Gasteiger partial charge in [0.15, 0.2) is 5.82 Å². The van der Waals surface area contributed by atoms with Crippen LogP contribution in [0.1, 0.15) is 76.7 Å². The molecule has 0 spiro atoms. The zero-order chi connectivity index (χ0) is 30.6. The van der Waals surface area contributed by atoms with Crippen LogP contribution in [-0.2, 0) is 14.0 Å². The van der Waals surface area contributed by atoms with Gasteiger partial charge in [0.25, 0.3) is 5.91 Å². The van der Waals surface area contributed by atoms with Crippen LogP contribution in [0, 0.1) is 12.7 Å². The minimum atomic E-state index is -0.765. The molecular formula is C30H38BFN4O5S. The van der Waals surface area contributed by atoms with Crippen LogP contribution in [0.3, 0.4) is 0 Å². The van der Waals surface area contributed by atoms with Gasteiger partial charge in [-0.15, -0.1) is 11.3 Å². The fourth-order valence-corrected chi connectivity index (χ4v) is 6.00. The highest BCUT2D eigenvalue weighted by atomic mass is 32.1. The van der Waals surface area contributed by atoms with Crippen molar-refractivity contribution in [1.82, 2.24) is 14.9 Å². The maximum Gasteiger partial charge on any atom is 0.494 e. The summed E-state index contributed by atoms with van der Waals surface area (Å²) in [6.45, 7) is 15.8. The second kappa shape index (κ2) is 10.9. The van der Waals surface area contributed by atoms with Gasteiger partial charge in [0.05, 0.1) is 32.5 Å². The molecule has 12 heteroatoms. The van der Waals surface area contributed by atoms with Crippen LogP contribution in [0.15, 0.2) is 30.5 Å². The number of piperidine rings is 1. The lowest BCUT2D eigenvalue weighted by Crippen LogP contribution is -2.53. The van der Waals surface area contributed by atoms with Crippen molar-refractivity contribution in [2.75, 3.05) is 18.0 Å². The van der Waals surface area contributed by atoms with Gasteiger partial charge in [0.1, 0.15) is 16.9 Å². The molecule has 2 aromatic heterocycles. The van der Waals surface area contributed by atoms with E-state index in [0.717, 1.165) is 9.71 Å². The molecular weight excluding hydrogens is 558 g/mol. The minimum absolute atomic E-state index is 0.115. The molecule has 0 radical (unpaired) electrons. The lowest BCUT2D eigenvalue weighted by atomic mass is 9.78. The summed E-state index contributed by atoms with van der Waals surface area (Å²) >= 11 is 1.49. The van der Waals surface area contributed by atoms with Crippen molar-refractivity contribution in [2.24, 2.45) is 0 Å². The average Bonchev–Trinajstić information content (AvgIpc) is 3.38. The van der Waals surface area contributed by atoms with E-state index in [4.69, 9.17) is 14.0 Å². The molecule has 0 unspecified atom stereocenters. The maximum absolute atomic E-state index is 15.8. The Balaban J connectivity index is 1.51. The van der Waals surface area contributed by atoms with Gasteiger partial charge in [0, 0.05) is 19.3 Å². The Bertz CT molecular complexity index is 1510. The number of amides is 2. The zero-order valence-corrected chi connectivity index (χ0v) is 26.3. The van der Waals surface area contributed by atoms with Gasteiger partial charge in [-0.25, -0.2) is 19.2 Å². The SMILES string of the molecule is Cc1nc2c(N(C(=O)c3ccc(B4OC(C)(C)C(C)(C)O4)cc3F)[C@@H]3CCCN(C(=O)OC(C)(C)C)C3)nccc2s1. The minimum Gasteiger partial charge on any atom is -0.444 e. The molecule has 2 fully saturated rings. The second-order valence-electron chi connectivity index (χ2n) is 12.9. The van der Waals surface area contributed by atoms with Gasteiger partial charge in [-0.05, 0) is 91.9 Å². The monoisotopic (exact) mass is 596 g/mol. The fraction of sp³-hybridized carbons (Fsp3) is 0.533. The molecule has 2 aliphatic heterocycles. The van der Waals surface area contributed by atoms with E-state index in [1.807, 2.05) is 61.5 Å². The number of aromatic nitrogens is 2. The number of carbonyl (C=O) groups is 2. The molecule has 1 aromatic carbocycles. The Labute approximate surface area is 250 Å². The number of rotatable bonds is 4. The molecule has 0 N–H and O–H groups in total. The van der Waals surface area contributed by atoms with Gasteiger partial charge in [-0.2, -0.15) is 0 Å². The number of thiazole rings is 1. The molecule has 3 aromatic rings. The van der Waals surface area contributed by atoms with Crippen molar-refractivity contribution in [2.45, 2.75) is 91.1 Å². The number of likely N-dealkylation sites (tertiary alicyclic amines) is 1. The highest BCUT2D eigenvalue weighted by molar-refractivity contribution is 7.18. The van der Waals surface area contributed by atoms with E-state index in [2.05, 4.69) is 9.97 Å². The Morgan fingerprint density at radius 2 is 1.86 bits per heavy atom. The topological polar surface area (TPSA) is 94.1 Å². The van der Waals surface area contributed by atoms with Crippen LogP contribution >= 0.6 is 11.3 Å². The number of halogens is 1. The Morgan fingerprint density at radius 3 is 2.50 bits per heavy atom. The summed E-state index contributed by atoms with van der Waals surface area (Å²) in [6, 6.07) is 5.79. The molecule has 5 rings (SSSR count). The lowest BCUT2D eigenvalue weighted by molar-refractivity contribution is 0.00578. The van der Waals surface area contributed by atoms with Gasteiger partial charge in [-0.1, -0.05) is 6.07 Å². The Kier molecular flexibility index (Phi) is 7.87. The van der Waals surface area contributed by atoms with E-state index in [1.54, 1.807) is 17.2 Å². The molecule has 9 nitrogen and oxygen atoms in total. The molecule has 42 heavy (non-hydrogen) atoms. The number of ether oxygens (including phenoxy) is 1. The van der Waals surface area contributed by atoms with Crippen LogP contribution < -0.4 is 10.4 Å². The third kappa shape index (κ3) is 5.89. The molecule has 0 saturated carbocycles. The van der Waals surface area contributed by atoms with Crippen LogP contribution in [0.4, 0.5) is 15.0 Å². The summed E-state index contributed by atoms with van der Waals surface area (Å²) in [5.41, 5.74) is -0.898. The van der Waals surface area contributed by atoms with Crippen molar-refractivity contribution in [3.8, 4) is 0 Å². The molecule has 2 aliphatic rings. The van der Waals surface area contributed by atoms with Gasteiger partial charge in [0.2, 0.25) is 0 Å². The number of fused-ring (bicyclic) bond motifs is 1. The summed E-state index contributed by atoms with van der Waals surface area (Å²) < 4.78 is 34.5. The first-order valence-electron chi connectivity index (χ1n) is 14.2. The third-order valence-corrected chi connectivity index (χ3v) is 8.94. The highest BCUT2D eigenvalue weighted by Crippen LogP contribution is 2.37. The predicted octanol–water partition coefficient (Wildman–Crippen LogP) is 5.48. The van der Waals surface area contributed by atoms with Gasteiger partial charge in [-0.3, -0.25) is 9.69 Å². The number of anilines is 1. The summed E-state index contributed by atoms with van der Waals surface area (Å²) in [5.74, 6) is -0.916. The number of hydrogen-bond donors (Lipinski definition) is 0. The standard InChI is InChI=1S/C30H38BFN4O5S/c1-18-34-24-23(42-18)13-14-33-25(24)36(20-10-9-15-35(17-20)27(38)39-28(2,3)4)26(37)21-12-11-19(16-22(21)32)31-40-29(5,6)30(7,8)41-31/h11-14,16,20H,9-10,15,17H2,1-8H3/t20-/m1/s1. The first-order valence-corrected chi connectivity index (χ1v) is 15.1. The Morgan fingerprint density at radius 1 is 1.17 bits per heavy atom. The molecule has 2 amide bonds. The normalized spacial score (nSPS) is 20.2. The highest BCUT2D eigenvalue weighted by Gasteiger charge is 2.52. The van der Waals surface area contributed by atoms with Crippen LogP contribution in [0.5, 0.6) is 0 Å². The van der Waals surface area contributed by atoms with E-state index in [0.29, 0.717) is 36.2 Å². The summed E-state index contributed by atoms with van der Waals surface area (Å²) in [5, 5.41) is 0.823. The molecule has 1 atom stereocenters. The largest absolute Gasteiger partial charge is 0.494 e. The van der Waals surface area contributed by atoms with Crippen molar-refractivity contribution in [3.05, 3.63) is 46.9 Å². The van der Waals surface area contributed by atoms with Crippen molar-refractivity contribution < 1.29 is 28.0 Å². The third-order valence-electron chi connectivity index (χ3n) is 8.00. The van der Waals surface area contributed by atoms with E-state index < -0.39 is 47.8 Å². The summed E-state index contributed by atoms with van der Waals surface area (Å²) in [4.78, 5) is 39.6. The number of pyridine rings is 1. The summed E-state index contributed by atoms with van der Waals surface area (Å²) in [6.07, 6.45) is 2.42. The van der Waals surface area contributed by atoms with E-state index in [9.17, 15) is 9.59 Å². The summed E-state index contributed by atoms with van der Waals surface area (Å²) in [7, 11) is -0.765. The van der Waals surface area contributed by atoms with Crippen LogP contribution in [0.2, 0.25) is 0 Å². The molecule has 0 bridgehead atoms. The number of nitrogens with zero attached hydrogens (tertiary/aromatic N) is 4. The van der Waals surface area contributed by atoms with E-state index >= 15 is 4.39 Å². The smallest absolute Gasteiger partial charge is 0.444 e. The fourth-order valence-electron chi connectivity index (χ4n) is 5.18. The number of hydrogen-bond acceptors (Lipinski definition) is 8. The van der Waals surface area contributed by atoms with Crippen molar-refractivity contribution in [3.63, 3.8) is 0 Å². The van der Waals surface area contributed by atoms with Crippen molar-refractivity contribution >= 4 is 52.0 Å². The maximum atomic E-state index is 15.8. The molecule has 2 saturated heterocycles. The van der Waals surface area contributed by atoms with E-state index in [1.165, 1.54) is 28.4 Å². The number of carbonyl (C=O) groups excluding carboxylic acids is 2. The first-order chi connectivity index (χ1) is 19.6. The average molecular weight is 597 g/mol. The molecule has 224 valence electrons. The van der Waals surface area contributed by atoms with Crippen LogP contribution in [0.25, 0.3) is 10.2 Å². The molecule has 4 heterocycles. The van der Waals surface area contributed by atoms with Crippen LogP contribution in [-0.4, -0.2) is 69.9 Å². The Hall–Kier alpha value is -3.09. The number of benzene rings is 1. The first kappa shape index (κ1) is 30.4.